The molecule has 1 rings (SSSR count). The third kappa shape index (κ3) is 5.80. The van der Waals surface area contributed by atoms with Gasteiger partial charge >= 0.3 is 0 Å². The van der Waals surface area contributed by atoms with Gasteiger partial charge in [0.15, 0.2) is 0 Å². The maximum atomic E-state index is 11.9. The largest absolute Gasteiger partial charge is 0.355 e. The molecule has 0 aliphatic carbocycles. The molecule has 0 aliphatic rings. The molecule has 0 heterocycles. The van der Waals surface area contributed by atoms with Gasteiger partial charge in [0.2, 0.25) is 5.91 Å². The lowest BCUT2D eigenvalue weighted by molar-refractivity contribution is -0.123. The first kappa shape index (κ1) is 15.6. The first-order valence-corrected chi connectivity index (χ1v) is 7.77. The zero-order valence-corrected chi connectivity index (χ0v) is 12.2. The molecule has 2 atom stereocenters. The molecule has 2 unspecified atom stereocenters. The van der Waals surface area contributed by atoms with E-state index in [4.69, 9.17) is 5.26 Å². The third-order valence-electron chi connectivity index (χ3n) is 2.83. The molecule has 1 N–H and O–H groups in total. The molecule has 1 amide bonds. The van der Waals surface area contributed by atoms with Crippen LogP contribution in [-0.2, 0) is 11.2 Å². The number of rotatable bonds is 7. The molecule has 0 fully saturated rings. The predicted octanol–water partition coefficient (Wildman–Crippen LogP) is 2.48. The lowest BCUT2D eigenvalue weighted by atomic mass is 10.00. The van der Waals surface area contributed by atoms with Crippen LogP contribution in [0.5, 0.6) is 0 Å². The monoisotopic (exact) mass is 276 g/mol. The van der Waals surface area contributed by atoms with Crippen LogP contribution in [0.4, 0.5) is 0 Å². The summed E-state index contributed by atoms with van der Waals surface area (Å²) >= 11 is 1.76. The van der Waals surface area contributed by atoms with Crippen LogP contribution in [0.25, 0.3) is 0 Å². The molecule has 0 aromatic heterocycles. The molecule has 0 saturated heterocycles. The molecule has 3 nitrogen and oxygen atoms in total. The van der Waals surface area contributed by atoms with Gasteiger partial charge in [-0.2, -0.15) is 17.0 Å². The molecule has 0 bridgehead atoms. The fourth-order valence-corrected chi connectivity index (χ4v) is 2.48. The number of carbonyl (C=O) groups excluding carboxylic acids is 1. The fraction of sp³-hybridized carbons (Fsp3) is 0.467. The Kier molecular flexibility index (Phi) is 7.06. The van der Waals surface area contributed by atoms with E-state index in [1.54, 1.807) is 11.8 Å². The van der Waals surface area contributed by atoms with E-state index in [2.05, 4.69) is 18.3 Å². The highest BCUT2D eigenvalue weighted by Gasteiger charge is 2.18. The second-order valence-electron chi connectivity index (χ2n) is 4.68. The van der Waals surface area contributed by atoms with Crippen LogP contribution in [0.2, 0.25) is 0 Å². The number of amides is 1. The van der Waals surface area contributed by atoms with Gasteiger partial charge in [-0.15, -0.1) is 0 Å². The summed E-state index contributed by atoms with van der Waals surface area (Å²) in [7, 11) is 0. The number of thioether (sulfide) groups is 1. The lowest BCUT2D eigenvalue weighted by Gasteiger charge is -2.14. The Morgan fingerprint density at radius 3 is 2.68 bits per heavy atom. The second kappa shape index (κ2) is 8.60. The summed E-state index contributed by atoms with van der Waals surface area (Å²) in [6, 6.07) is 11.7. The molecule has 19 heavy (non-hydrogen) atoms. The molecule has 0 spiro atoms. The molecule has 102 valence electrons. The van der Waals surface area contributed by atoms with E-state index in [-0.39, 0.29) is 5.91 Å². The minimum Gasteiger partial charge on any atom is -0.355 e. The Bertz CT molecular complexity index is 428. The normalized spacial score (nSPS) is 13.3. The summed E-state index contributed by atoms with van der Waals surface area (Å²) in [5.74, 6) is 0.661. The summed E-state index contributed by atoms with van der Waals surface area (Å²) in [6.07, 6.45) is 2.52. The van der Waals surface area contributed by atoms with Crippen molar-refractivity contribution in [1.82, 2.24) is 5.32 Å². The van der Waals surface area contributed by atoms with Gasteiger partial charge < -0.3 is 5.32 Å². The minimum atomic E-state index is -0.608. The van der Waals surface area contributed by atoms with Crippen LogP contribution in [0.15, 0.2) is 30.3 Å². The van der Waals surface area contributed by atoms with E-state index in [0.29, 0.717) is 18.9 Å². The molecular formula is C15H20N2OS. The Balaban J connectivity index is 2.47. The van der Waals surface area contributed by atoms with Gasteiger partial charge in [-0.1, -0.05) is 37.3 Å². The zero-order chi connectivity index (χ0) is 14.1. The Morgan fingerprint density at radius 2 is 2.11 bits per heavy atom. The molecule has 1 aromatic rings. The van der Waals surface area contributed by atoms with E-state index in [1.807, 2.05) is 36.6 Å². The van der Waals surface area contributed by atoms with Crippen LogP contribution < -0.4 is 5.32 Å². The zero-order valence-electron chi connectivity index (χ0n) is 11.4. The van der Waals surface area contributed by atoms with Crippen molar-refractivity contribution in [2.24, 2.45) is 11.8 Å². The molecule has 4 heteroatoms. The number of hydrogen-bond acceptors (Lipinski definition) is 3. The fourth-order valence-electron chi connectivity index (χ4n) is 1.79. The third-order valence-corrected chi connectivity index (χ3v) is 3.73. The van der Waals surface area contributed by atoms with Crippen LogP contribution >= 0.6 is 11.8 Å². The lowest BCUT2D eigenvalue weighted by Crippen LogP contribution is -2.34. The summed E-state index contributed by atoms with van der Waals surface area (Å²) in [5, 5.41) is 12.0. The van der Waals surface area contributed by atoms with Crippen LogP contribution in [0.1, 0.15) is 12.5 Å². The van der Waals surface area contributed by atoms with Crippen LogP contribution in [0, 0.1) is 23.2 Å². The Labute approximate surface area is 119 Å². The molecule has 0 aliphatic heterocycles. The summed E-state index contributed by atoms with van der Waals surface area (Å²) in [6.45, 7) is 2.72. The molecule has 0 radical (unpaired) electrons. The summed E-state index contributed by atoms with van der Waals surface area (Å²) in [5.41, 5.74) is 1.02. The Morgan fingerprint density at radius 1 is 1.42 bits per heavy atom. The van der Waals surface area contributed by atoms with Crippen molar-refractivity contribution in [2.75, 3.05) is 18.6 Å². The summed E-state index contributed by atoms with van der Waals surface area (Å²) < 4.78 is 0. The minimum absolute atomic E-state index is 0.167. The average molecular weight is 276 g/mol. The quantitative estimate of drug-likeness (QED) is 0.832. The van der Waals surface area contributed by atoms with Crippen molar-refractivity contribution >= 4 is 17.7 Å². The van der Waals surface area contributed by atoms with Gasteiger partial charge in [-0.3, -0.25) is 4.79 Å². The van der Waals surface area contributed by atoms with Gasteiger partial charge in [0.05, 0.1) is 6.07 Å². The highest BCUT2D eigenvalue weighted by molar-refractivity contribution is 7.98. The van der Waals surface area contributed by atoms with Gasteiger partial charge in [0, 0.05) is 6.54 Å². The number of nitrogens with zero attached hydrogens (tertiary/aromatic N) is 1. The molecule has 0 saturated carbocycles. The van der Waals surface area contributed by atoms with Crippen molar-refractivity contribution in [3.63, 3.8) is 0 Å². The van der Waals surface area contributed by atoms with E-state index in [9.17, 15) is 4.79 Å². The van der Waals surface area contributed by atoms with Crippen molar-refractivity contribution in [1.29, 1.82) is 5.26 Å². The van der Waals surface area contributed by atoms with Crippen molar-refractivity contribution < 1.29 is 4.79 Å². The van der Waals surface area contributed by atoms with Gasteiger partial charge in [-0.25, -0.2) is 0 Å². The number of hydrogen-bond donors (Lipinski definition) is 1. The second-order valence-corrected chi connectivity index (χ2v) is 5.59. The average Bonchev–Trinajstić information content (AvgIpc) is 2.43. The highest BCUT2D eigenvalue weighted by Crippen LogP contribution is 2.09. The Hall–Kier alpha value is -1.47. The van der Waals surface area contributed by atoms with Crippen molar-refractivity contribution in [2.45, 2.75) is 13.3 Å². The van der Waals surface area contributed by atoms with Crippen molar-refractivity contribution in [3.8, 4) is 6.07 Å². The maximum Gasteiger partial charge on any atom is 0.237 e. The first-order valence-electron chi connectivity index (χ1n) is 6.37. The van der Waals surface area contributed by atoms with Crippen LogP contribution in [-0.4, -0.2) is 24.5 Å². The number of benzene rings is 1. The SMILES string of the molecule is CSCC(C)CNC(=O)C(C#N)Cc1ccccc1. The predicted molar refractivity (Wildman–Crippen MR) is 79.8 cm³/mol. The van der Waals surface area contributed by atoms with E-state index in [1.165, 1.54) is 0 Å². The topological polar surface area (TPSA) is 52.9 Å². The van der Waals surface area contributed by atoms with E-state index >= 15 is 0 Å². The van der Waals surface area contributed by atoms with E-state index in [0.717, 1.165) is 11.3 Å². The smallest absolute Gasteiger partial charge is 0.237 e. The first-order chi connectivity index (χ1) is 9.17. The molecular weight excluding hydrogens is 256 g/mol. The number of nitrogens with one attached hydrogen (secondary N) is 1. The van der Waals surface area contributed by atoms with E-state index < -0.39 is 5.92 Å². The maximum absolute atomic E-state index is 11.9. The highest BCUT2D eigenvalue weighted by atomic mass is 32.2. The number of carbonyl (C=O) groups is 1. The van der Waals surface area contributed by atoms with Crippen molar-refractivity contribution in [3.05, 3.63) is 35.9 Å². The summed E-state index contributed by atoms with van der Waals surface area (Å²) in [4.78, 5) is 11.9. The standard InChI is InChI=1S/C15H20N2OS/c1-12(11-19-2)10-17-15(18)14(9-16)8-13-6-4-3-5-7-13/h3-7,12,14H,8,10-11H2,1-2H3,(H,17,18). The van der Waals surface area contributed by atoms with Gasteiger partial charge in [0.25, 0.3) is 0 Å². The van der Waals surface area contributed by atoms with Gasteiger partial charge in [-0.05, 0) is 29.9 Å². The van der Waals surface area contributed by atoms with Crippen LogP contribution in [0.3, 0.4) is 0 Å². The molecule has 1 aromatic carbocycles. The number of nitriles is 1. The van der Waals surface area contributed by atoms with Gasteiger partial charge in [0.1, 0.15) is 5.92 Å².